The van der Waals surface area contributed by atoms with Gasteiger partial charge in [0.1, 0.15) is 0 Å². The number of nitrogens with one attached hydrogen (secondary N) is 1. The van der Waals surface area contributed by atoms with Crippen LogP contribution < -0.4 is 5.32 Å². The Morgan fingerprint density at radius 3 is 2.28 bits per heavy atom. The van der Waals surface area contributed by atoms with E-state index in [0.29, 0.717) is 18.0 Å². The SMILES string of the molecule is CCN(CC)C(CNC(=O)Cc1ccc(Cl)cc1)c1ccccc1Cl. The average Bonchev–Trinajstić information content (AvgIpc) is 2.61. The summed E-state index contributed by atoms with van der Waals surface area (Å²) in [6.07, 6.45) is 0.338. The molecule has 0 saturated carbocycles. The number of carbonyl (C=O) groups excluding carboxylic acids is 1. The third-order valence-electron chi connectivity index (χ3n) is 4.29. The molecule has 5 heteroatoms. The van der Waals surface area contributed by atoms with Crippen molar-refractivity contribution in [3.05, 3.63) is 69.7 Å². The fourth-order valence-corrected chi connectivity index (χ4v) is 3.29. The van der Waals surface area contributed by atoms with Gasteiger partial charge in [-0.1, -0.05) is 67.4 Å². The molecule has 2 aromatic carbocycles. The van der Waals surface area contributed by atoms with Crippen molar-refractivity contribution in [2.24, 2.45) is 0 Å². The first-order chi connectivity index (χ1) is 12.0. The van der Waals surface area contributed by atoms with Gasteiger partial charge < -0.3 is 5.32 Å². The highest BCUT2D eigenvalue weighted by molar-refractivity contribution is 6.31. The highest BCUT2D eigenvalue weighted by atomic mass is 35.5. The number of benzene rings is 2. The van der Waals surface area contributed by atoms with E-state index in [1.165, 1.54) is 0 Å². The molecule has 2 aromatic rings. The van der Waals surface area contributed by atoms with Gasteiger partial charge in [0, 0.05) is 16.6 Å². The Kier molecular flexibility index (Phi) is 7.76. The predicted octanol–water partition coefficient (Wildman–Crippen LogP) is 4.74. The maximum atomic E-state index is 12.3. The van der Waals surface area contributed by atoms with Crippen molar-refractivity contribution < 1.29 is 4.79 Å². The minimum Gasteiger partial charge on any atom is -0.354 e. The predicted molar refractivity (Wildman–Crippen MR) is 105 cm³/mol. The summed E-state index contributed by atoms with van der Waals surface area (Å²) >= 11 is 12.3. The molecule has 0 aromatic heterocycles. The topological polar surface area (TPSA) is 32.3 Å². The lowest BCUT2D eigenvalue weighted by Gasteiger charge is -2.31. The van der Waals surface area contributed by atoms with Crippen LogP contribution in [0.25, 0.3) is 0 Å². The Balaban J connectivity index is 2.05. The molecule has 0 fully saturated rings. The Morgan fingerprint density at radius 1 is 1.04 bits per heavy atom. The van der Waals surface area contributed by atoms with Gasteiger partial charge in [-0.15, -0.1) is 0 Å². The summed E-state index contributed by atoms with van der Waals surface area (Å²) in [6.45, 7) is 6.53. The lowest BCUT2D eigenvalue weighted by Crippen LogP contribution is -2.38. The minimum atomic E-state index is -0.00784. The van der Waals surface area contributed by atoms with Crippen LogP contribution in [0, 0.1) is 0 Å². The van der Waals surface area contributed by atoms with Crippen LogP contribution in [-0.2, 0) is 11.2 Å². The van der Waals surface area contributed by atoms with Crippen molar-refractivity contribution in [1.82, 2.24) is 10.2 Å². The first-order valence-electron chi connectivity index (χ1n) is 8.54. The van der Waals surface area contributed by atoms with Gasteiger partial charge in [0.25, 0.3) is 0 Å². The number of carbonyl (C=O) groups is 1. The van der Waals surface area contributed by atoms with Gasteiger partial charge in [-0.3, -0.25) is 9.69 Å². The number of hydrogen-bond acceptors (Lipinski definition) is 2. The van der Waals surface area contributed by atoms with E-state index in [-0.39, 0.29) is 11.9 Å². The van der Waals surface area contributed by atoms with E-state index in [4.69, 9.17) is 23.2 Å². The fourth-order valence-electron chi connectivity index (χ4n) is 2.91. The molecule has 0 bridgehead atoms. The molecule has 0 aliphatic rings. The standard InChI is InChI=1S/C20H24Cl2N2O/c1-3-24(4-2)19(17-7-5-6-8-18(17)22)14-23-20(25)13-15-9-11-16(21)12-10-15/h5-12,19H,3-4,13-14H2,1-2H3,(H,23,25). The van der Waals surface area contributed by atoms with Crippen LogP contribution in [0.1, 0.15) is 31.0 Å². The fraction of sp³-hybridized carbons (Fsp3) is 0.350. The summed E-state index contributed by atoms with van der Waals surface area (Å²) < 4.78 is 0. The van der Waals surface area contributed by atoms with Crippen LogP contribution in [0.4, 0.5) is 0 Å². The van der Waals surface area contributed by atoms with Crippen molar-refractivity contribution in [2.45, 2.75) is 26.3 Å². The van der Waals surface area contributed by atoms with Gasteiger partial charge in [-0.25, -0.2) is 0 Å². The van der Waals surface area contributed by atoms with Crippen LogP contribution in [-0.4, -0.2) is 30.4 Å². The second-order valence-electron chi connectivity index (χ2n) is 5.87. The monoisotopic (exact) mass is 378 g/mol. The van der Waals surface area contributed by atoms with E-state index in [2.05, 4.69) is 24.1 Å². The number of nitrogens with zero attached hydrogens (tertiary/aromatic N) is 1. The molecule has 2 rings (SSSR count). The van der Waals surface area contributed by atoms with Gasteiger partial charge in [0.15, 0.2) is 0 Å². The van der Waals surface area contributed by atoms with Crippen LogP contribution in [0.2, 0.25) is 10.0 Å². The summed E-state index contributed by atoms with van der Waals surface area (Å²) in [4.78, 5) is 14.6. The van der Waals surface area contributed by atoms with Gasteiger partial charge in [0.2, 0.25) is 5.91 Å². The highest BCUT2D eigenvalue weighted by Crippen LogP contribution is 2.27. The Labute approximate surface area is 159 Å². The normalized spacial score (nSPS) is 12.2. The van der Waals surface area contributed by atoms with Crippen LogP contribution in [0.15, 0.2) is 48.5 Å². The van der Waals surface area contributed by atoms with E-state index >= 15 is 0 Å². The number of amides is 1. The summed E-state index contributed by atoms with van der Waals surface area (Å²) in [6, 6.07) is 15.2. The lowest BCUT2D eigenvalue weighted by atomic mass is 10.0. The summed E-state index contributed by atoms with van der Waals surface area (Å²) in [5, 5.41) is 4.45. The molecule has 0 aliphatic carbocycles. The van der Waals surface area contributed by atoms with Crippen molar-refractivity contribution >= 4 is 29.1 Å². The quantitative estimate of drug-likeness (QED) is 0.719. The number of halogens is 2. The molecular weight excluding hydrogens is 355 g/mol. The van der Waals surface area contributed by atoms with Gasteiger partial charge in [0.05, 0.1) is 12.5 Å². The number of rotatable bonds is 8. The van der Waals surface area contributed by atoms with Crippen LogP contribution >= 0.6 is 23.2 Å². The molecule has 1 unspecified atom stereocenters. The summed E-state index contributed by atoms with van der Waals surface area (Å²) in [5.74, 6) is -0.00784. The minimum absolute atomic E-state index is 0.00784. The maximum Gasteiger partial charge on any atom is 0.224 e. The zero-order valence-electron chi connectivity index (χ0n) is 14.6. The smallest absolute Gasteiger partial charge is 0.224 e. The molecule has 3 nitrogen and oxygen atoms in total. The third kappa shape index (κ3) is 5.74. The van der Waals surface area contributed by atoms with Gasteiger partial charge in [-0.05, 0) is 42.4 Å². The second-order valence-corrected chi connectivity index (χ2v) is 6.71. The molecule has 0 radical (unpaired) electrons. The molecule has 1 atom stereocenters. The average molecular weight is 379 g/mol. The highest BCUT2D eigenvalue weighted by Gasteiger charge is 2.21. The van der Waals surface area contributed by atoms with Crippen molar-refractivity contribution in [3.8, 4) is 0 Å². The molecule has 0 heterocycles. The van der Waals surface area contributed by atoms with E-state index in [1.54, 1.807) is 12.1 Å². The Bertz CT molecular complexity index is 684. The van der Waals surface area contributed by atoms with Crippen LogP contribution in [0.3, 0.4) is 0 Å². The van der Waals surface area contributed by atoms with Crippen molar-refractivity contribution in [3.63, 3.8) is 0 Å². The Hall–Kier alpha value is -1.55. The number of likely N-dealkylation sites (N-methyl/N-ethyl adjacent to an activating group) is 1. The van der Waals surface area contributed by atoms with Crippen molar-refractivity contribution in [1.29, 1.82) is 0 Å². The zero-order valence-corrected chi connectivity index (χ0v) is 16.1. The van der Waals surface area contributed by atoms with Crippen LogP contribution in [0.5, 0.6) is 0 Å². The summed E-state index contributed by atoms with van der Waals surface area (Å²) in [7, 11) is 0. The molecular formula is C20H24Cl2N2O. The third-order valence-corrected chi connectivity index (χ3v) is 4.88. The zero-order chi connectivity index (χ0) is 18.2. The molecule has 0 spiro atoms. The lowest BCUT2D eigenvalue weighted by molar-refractivity contribution is -0.120. The van der Waals surface area contributed by atoms with Gasteiger partial charge in [-0.2, -0.15) is 0 Å². The van der Waals surface area contributed by atoms with Crippen molar-refractivity contribution in [2.75, 3.05) is 19.6 Å². The molecule has 1 N–H and O–H groups in total. The molecule has 25 heavy (non-hydrogen) atoms. The molecule has 1 amide bonds. The second kappa shape index (κ2) is 9.81. The number of hydrogen-bond donors (Lipinski definition) is 1. The van der Waals surface area contributed by atoms with Gasteiger partial charge >= 0.3 is 0 Å². The maximum absolute atomic E-state index is 12.3. The first-order valence-corrected chi connectivity index (χ1v) is 9.30. The molecule has 0 aliphatic heterocycles. The van der Waals surface area contributed by atoms with E-state index < -0.39 is 0 Å². The van der Waals surface area contributed by atoms with E-state index in [0.717, 1.165) is 29.2 Å². The largest absolute Gasteiger partial charge is 0.354 e. The molecule has 134 valence electrons. The molecule has 0 saturated heterocycles. The summed E-state index contributed by atoms with van der Waals surface area (Å²) in [5.41, 5.74) is 1.98. The first kappa shape index (κ1) is 19.8. The van der Waals surface area contributed by atoms with E-state index in [9.17, 15) is 4.79 Å². The Morgan fingerprint density at radius 2 is 1.68 bits per heavy atom. The van der Waals surface area contributed by atoms with E-state index in [1.807, 2.05) is 36.4 Å².